The predicted octanol–water partition coefficient (Wildman–Crippen LogP) is 3.00. The molecule has 142 valence electrons. The van der Waals surface area contributed by atoms with E-state index in [4.69, 9.17) is 14.6 Å². The lowest BCUT2D eigenvalue weighted by atomic mass is 10.0. The standard InChI is InChI=1S/C20H22N2O5/c1-26-16-5-2-6-17(11-16)27-19-15(4-3-9-21-19)12-22-18(23)13-7-8-14(10-13)20(24)25/h2-6,9,11,13-14H,7-8,10,12H2,1H3,(H,22,23)(H,24,25)/t13-,14+/m1/s1. The molecular weight excluding hydrogens is 348 g/mol. The van der Waals surface area contributed by atoms with E-state index < -0.39 is 11.9 Å². The molecule has 1 fully saturated rings. The van der Waals surface area contributed by atoms with Gasteiger partial charge in [-0.05, 0) is 37.5 Å². The minimum absolute atomic E-state index is 0.130. The number of nitrogens with zero attached hydrogens (tertiary/aromatic N) is 1. The molecular formula is C20H22N2O5. The summed E-state index contributed by atoms with van der Waals surface area (Å²) in [5.74, 6) is 0.0206. The Morgan fingerprint density at radius 1 is 1.19 bits per heavy atom. The predicted molar refractivity (Wildman–Crippen MR) is 97.6 cm³/mol. The smallest absolute Gasteiger partial charge is 0.306 e. The summed E-state index contributed by atoms with van der Waals surface area (Å²) in [7, 11) is 1.58. The number of carbonyl (C=O) groups is 2. The Morgan fingerprint density at radius 2 is 1.96 bits per heavy atom. The number of amides is 1. The van der Waals surface area contributed by atoms with Crippen LogP contribution in [-0.2, 0) is 16.1 Å². The first kappa shape index (κ1) is 18.7. The highest BCUT2D eigenvalue weighted by Crippen LogP contribution is 2.31. The van der Waals surface area contributed by atoms with Crippen LogP contribution in [0.25, 0.3) is 0 Å². The number of hydrogen-bond acceptors (Lipinski definition) is 5. The van der Waals surface area contributed by atoms with Gasteiger partial charge in [0.05, 0.1) is 13.0 Å². The second kappa shape index (κ2) is 8.53. The van der Waals surface area contributed by atoms with Gasteiger partial charge in [-0.1, -0.05) is 12.1 Å². The summed E-state index contributed by atoms with van der Waals surface area (Å²) in [6.07, 6.45) is 3.16. The molecule has 0 spiro atoms. The van der Waals surface area contributed by atoms with E-state index in [1.807, 2.05) is 18.2 Å². The van der Waals surface area contributed by atoms with Crippen LogP contribution in [0.1, 0.15) is 24.8 Å². The maximum atomic E-state index is 12.4. The van der Waals surface area contributed by atoms with Crippen LogP contribution in [0.4, 0.5) is 0 Å². The molecule has 27 heavy (non-hydrogen) atoms. The molecule has 1 aromatic carbocycles. The maximum absolute atomic E-state index is 12.4. The van der Waals surface area contributed by atoms with Gasteiger partial charge in [-0.15, -0.1) is 0 Å². The van der Waals surface area contributed by atoms with E-state index >= 15 is 0 Å². The number of hydrogen-bond donors (Lipinski definition) is 2. The third-order valence-electron chi connectivity index (χ3n) is 4.71. The summed E-state index contributed by atoms with van der Waals surface area (Å²) >= 11 is 0. The molecule has 1 saturated carbocycles. The Balaban J connectivity index is 1.62. The molecule has 7 heteroatoms. The lowest BCUT2D eigenvalue weighted by Crippen LogP contribution is -2.29. The van der Waals surface area contributed by atoms with Gasteiger partial charge in [-0.2, -0.15) is 0 Å². The van der Waals surface area contributed by atoms with Gasteiger partial charge >= 0.3 is 5.97 Å². The van der Waals surface area contributed by atoms with Crippen LogP contribution in [0.5, 0.6) is 17.4 Å². The number of carboxylic acid groups (broad SMARTS) is 1. The number of rotatable bonds is 7. The minimum Gasteiger partial charge on any atom is -0.497 e. The average Bonchev–Trinajstić information content (AvgIpc) is 3.18. The average molecular weight is 370 g/mol. The summed E-state index contributed by atoms with van der Waals surface area (Å²) in [5, 5.41) is 11.9. The molecule has 1 aliphatic rings. The van der Waals surface area contributed by atoms with Crippen LogP contribution < -0.4 is 14.8 Å². The molecule has 0 bridgehead atoms. The summed E-state index contributed by atoms with van der Waals surface area (Å²) in [6, 6.07) is 10.8. The molecule has 1 aromatic heterocycles. The topological polar surface area (TPSA) is 97.8 Å². The molecule has 1 heterocycles. The van der Waals surface area contributed by atoms with Crippen molar-refractivity contribution in [2.45, 2.75) is 25.8 Å². The Hall–Kier alpha value is -3.09. The van der Waals surface area contributed by atoms with Crippen LogP contribution in [0.3, 0.4) is 0 Å². The highest BCUT2D eigenvalue weighted by Gasteiger charge is 2.33. The molecule has 1 amide bonds. The van der Waals surface area contributed by atoms with E-state index in [2.05, 4.69) is 10.3 Å². The Labute approximate surface area is 157 Å². The van der Waals surface area contributed by atoms with E-state index in [0.29, 0.717) is 36.6 Å². The number of methoxy groups -OCH3 is 1. The van der Waals surface area contributed by atoms with Gasteiger partial charge < -0.3 is 19.9 Å². The SMILES string of the molecule is COc1cccc(Oc2ncccc2CNC(=O)[C@@H]2CC[C@H](C(=O)O)C2)c1. The third-order valence-corrected chi connectivity index (χ3v) is 4.71. The van der Waals surface area contributed by atoms with Crippen molar-refractivity contribution in [1.82, 2.24) is 10.3 Å². The van der Waals surface area contributed by atoms with Gasteiger partial charge in [0.2, 0.25) is 11.8 Å². The van der Waals surface area contributed by atoms with Crippen molar-refractivity contribution in [2.75, 3.05) is 7.11 Å². The van der Waals surface area contributed by atoms with Crippen molar-refractivity contribution >= 4 is 11.9 Å². The molecule has 3 rings (SSSR count). The zero-order valence-electron chi connectivity index (χ0n) is 15.1. The van der Waals surface area contributed by atoms with Crippen molar-refractivity contribution < 1.29 is 24.2 Å². The number of carbonyl (C=O) groups excluding carboxylic acids is 1. The van der Waals surface area contributed by atoms with Crippen LogP contribution in [0, 0.1) is 11.8 Å². The van der Waals surface area contributed by atoms with E-state index in [0.717, 1.165) is 5.56 Å². The molecule has 0 unspecified atom stereocenters. The number of aliphatic carboxylic acids is 1. The van der Waals surface area contributed by atoms with Gasteiger partial charge in [0.15, 0.2) is 0 Å². The molecule has 2 aromatic rings. The number of carboxylic acids is 1. The summed E-state index contributed by atoms with van der Waals surface area (Å²) < 4.78 is 11.0. The fraction of sp³-hybridized carbons (Fsp3) is 0.350. The fourth-order valence-corrected chi connectivity index (χ4v) is 3.20. The molecule has 7 nitrogen and oxygen atoms in total. The lowest BCUT2D eigenvalue weighted by molar-refractivity contribution is -0.141. The number of ether oxygens (including phenoxy) is 2. The summed E-state index contributed by atoms with van der Waals surface area (Å²) in [6.45, 7) is 0.264. The van der Waals surface area contributed by atoms with Crippen molar-refractivity contribution in [3.8, 4) is 17.4 Å². The Morgan fingerprint density at radius 3 is 2.70 bits per heavy atom. The number of nitrogens with one attached hydrogen (secondary N) is 1. The molecule has 1 aliphatic carbocycles. The van der Waals surface area contributed by atoms with Crippen LogP contribution in [0.15, 0.2) is 42.6 Å². The van der Waals surface area contributed by atoms with Crippen molar-refractivity contribution in [3.63, 3.8) is 0 Å². The second-order valence-electron chi connectivity index (χ2n) is 6.51. The number of benzene rings is 1. The minimum atomic E-state index is -0.827. The van der Waals surface area contributed by atoms with Crippen molar-refractivity contribution in [3.05, 3.63) is 48.2 Å². The largest absolute Gasteiger partial charge is 0.497 e. The van der Waals surface area contributed by atoms with Gasteiger partial charge in [0.1, 0.15) is 11.5 Å². The monoisotopic (exact) mass is 370 g/mol. The zero-order valence-corrected chi connectivity index (χ0v) is 15.1. The first-order chi connectivity index (χ1) is 13.1. The van der Waals surface area contributed by atoms with Gasteiger partial charge in [-0.25, -0.2) is 4.98 Å². The molecule has 2 N–H and O–H groups in total. The molecule has 2 atom stereocenters. The highest BCUT2D eigenvalue weighted by molar-refractivity contribution is 5.80. The summed E-state index contributed by atoms with van der Waals surface area (Å²) in [4.78, 5) is 27.7. The first-order valence-corrected chi connectivity index (χ1v) is 8.83. The van der Waals surface area contributed by atoms with E-state index in [9.17, 15) is 9.59 Å². The second-order valence-corrected chi connectivity index (χ2v) is 6.51. The number of aromatic nitrogens is 1. The van der Waals surface area contributed by atoms with Gasteiger partial charge in [0, 0.05) is 30.3 Å². The molecule has 0 aliphatic heterocycles. The van der Waals surface area contributed by atoms with Crippen molar-refractivity contribution in [1.29, 1.82) is 0 Å². The number of pyridine rings is 1. The van der Waals surface area contributed by atoms with Gasteiger partial charge in [-0.3, -0.25) is 9.59 Å². The van der Waals surface area contributed by atoms with E-state index in [1.54, 1.807) is 31.5 Å². The van der Waals surface area contributed by atoms with E-state index in [1.165, 1.54) is 0 Å². The zero-order chi connectivity index (χ0) is 19.2. The quantitative estimate of drug-likeness (QED) is 0.777. The first-order valence-electron chi connectivity index (χ1n) is 8.83. The van der Waals surface area contributed by atoms with Crippen LogP contribution in [-0.4, -0.2) is 29.1 Å². The Bertz CT molecular complexity index is 824. The van der Waals surface area contributed by atoms with E-state index in [-0.39, 0.29) is 18.4 Å². The third kappa shape index (κ3) is 4.75. The highest BCUT2D eigenvalue weighted by atomic mass is 16.5. The van der Waals surface area contributed by atoms with Crippen LogP contribution in [0.2, 0.25) is 0 Å². The molecule has 0 radical (unpaired) electrons. The molecule has 0 saturated heterocycles. The lowest BCUT2D eigenvalue weighted by Gasteiger charge is -2.13. The van der Waals surface area contributed by atoms with Crippen LogP contribution >= 0.6 is 0 Å². The fourth-order valence-electron chi connectivity index (χ4n) is 3.20. The van der Waals surface area contributed by atoms with Crippen molar-refractivity contribution in [2.24, 2.45) is 11.8 Å². The maximum Gasteiger partial charge on any atom is 0.306 e. The van der Waals surface area contributed by atoms with Gasteiger partial charge in [0.25, 0.3) is 0 Å². The summed E-state index contributed by atoms with van der Waals surface area (Å²) in [5.41, 5.74) is 0.737. The Kier molecular flexibility index (Phi) is 5.90. The normalized spacial score (nSPS) is 18.7.